The number of hydrogen-bond donors (Lipinski definition) is 0. The van der Waals surface area contributed by atoms with Gasteiger partial charge in [-0.25, -0.2) is 0 Å². The summed E-state index contributed by atoms with van der Waals surface area (Å²) in [6.07, 6.45) is 1.16. The van der Waals surface area contributed by atoms with Crippen LogP contribution in [0.2, 0.25) is 0 Å². The highest BCUT2D eigenvalue weighted by Gasteiger charge is 2.24. The van der Waals surface area contributed by atoms with Gasteiger partial charge in [-0.2, -0.15) is 0 Å². The summed E-state index contributed by atoms with van der Waals surface area (Å²) in [7, 11) is 0. The van der Waals surface area contributed by atoms with Crippen molar-refractivity contribution in [2.45, 2.75) is 19.6 Å². The van der Waals surface area contributed by atoms with Crippen LogP contribution in [0.1, 0.15) is 11.1 Å². The van der Waals surface area contributed by atoms with Crippen LogP contribution in [0.5, 0.6) is 0 Å². The van der Waals surface area contributed by atoms with Gasteiger partial charge < -0.3 is 9.64 Å². The van der Waals surface area contributed by atoms with E-state index in [1.807, 2.05) is 12.1 Å². The summed E-state index contributed by atoms with van der Waals surface area (Å²) >= 11 is 0. The fourth-order valence-electron chi connectivity index (χ4n) is 1.59. The molecule has 0 aromatic heterocycles. The zero-order chi connectivity index (χ0) is 10.7. The summed E-state index contributed by atoms with van der Waals surface area (Å²) in [5, 5.41) is 0. The predicted molar refractivity (Wildman–Crippen MR) is 57.4 cm³/mol. The third-order valence-corrected chi connectivity index (χ3v) is 2.62. The summed E-state index contributed by atoms with van der Waals surface area (Å²) in [4.78, 5) is 12.6. The minimum absolute atomic E-state index is 0.263. The van der Waals surface area contributed by atoms with Crippen molar-refractivity contribution in [2.24, 2.45) is 0 Å². The first-order chi connectivity index (χ1) is 7.29. The number of aryl methyl sites for hydroxylation is 1. The Hall–Kier alpha value is -1.35. The van der Waals surface area contributed by atoms with Crippen molar-refractivity contribution < 1.29 is 9.53 Å². The number of epoxide rings is 1. The Balaban J connectivity index is 1.98. The third-order valence-electron chi connectivity index (χ3n) is 2.62. The summed E-state index contributed by atoms with van der Waals surface area (Å²) in [6, 6.07) is 8.12. The fourth-order valence-corrected chi connectivity index (χ4v) is 1.59. The number of carbonyl (C=O) groups excluding carboxylic acids is 1. The zero-order valence-corrected chi connectivity index (χ0v) is 8.85. The lowest BCUT2D eigenvalue weighted by Crippen LogP contribution is -2.26. The number of benzene rings is 1. The lowest BCUT2D eigenvalue weighted by molar-refractivity contribution is -0.118. The van der Waals surface area contributed by atoms with Crippen molar-refractivity contribution in [1.29, 1.82) is 0 Å². The molecule has 3 heteroatoms. The summed E-state index contributed by atoms with van der Waals surface area (Å²) in [6.45, 7) is 4.23. The van der Waals surface area contributed by atoms with E-state index in [-0.39, 0.29) is 6.10 Å². The van der Waals surface area contributed by atoms with Crippen LogP contribution < -0.4 is 0 Å². The number of amides is 1. The maximum Gasteiger partial charge on any atom is 0.210 e. The molecule has 3 nitrogen and oxygen atoms in total. The van der Waals surface area contributed by atoms with Crippen molar-refractivity contribution in [3.8, 4) is 0 Å². The lowest BCUT2D eigenvalue weighted by Gasteiger charge is -2.17. The quantitative estimate of drug-likeness (QED) is 0.537. The van der Waals surface area contributed by atoms with E-state index in [1.165, 1.54) is 11.1 Å². The molecule has 1 aromatic carbocycles. The highest BCUT2D eigenvalue weighted by Crippen LogP contribution is 2.14. The van der Waals surface area contributed by atoms with Gasteiger partial charge >= 0.3 is 0 Å². The molecule has 1 aliphatic heterocycles. The minimum Gasteiger partial charge on any atom is -0.371 e. The molecular weight excluding hydrogens is 190 g/mol. The average Bonchev–Trinajstić information content (AvgIpc) is 3.04. The molecule has 1 heterocycles. The van der Waals surface area contributed by atoms with Gasteiger partial charge in [0.25, 0.3) is 0 Å². The smallest absolute Gasteiger partial charge is 0.210 e. The van der Waals surface area contributed by atoms with Crippen molar-refractivity contribution in [2.75, 3.05) is 13.2 Å². The number of hydrogen-bond acceptors (Lipinski definition) is 2. The van der Waals surface area contributed by atoms with Gasteiger partial charge in [0.05, 0.1) is 12.7 Å². The Kier molecular flexibility index (Phi) is 3.02. The van der Waals surface area contributed by atoms with E-state index >= 15 is 0 Å². The highest BCUT2D eigenvalue weighted by molar-refractivity contribution is 5.48. The van der Waals surface area contributed by atoms with E-state index in [0.717, 1.165) is 13.0 Å². The van der Waals surface area contributed by atoms with Crippen LogP contribution in [0.4, 0.5) is 0 Å². The van der Waals surface area contributed by atoms with Crippen molar-refractivity contribution in [3.05, 3.63) is 35.4 Å². The number of ether oxygens (including phenoxy) is 1. The Morgan fingerprint density at radius 3 is 2.87 bits per heavy atom. The highest BCUT2D eigenvalue weighted by atomic mass is 16.6. The van der Waals surface area contributed by atoms with Gasteiger partial charge in [0.2, 0.25) is 6.41 Å². The van der Waals surface area contributed by atoms with Gasteiger partial charge in [-0.3, -0.25) is 4.79 Å². The number of nitrogens with zero attached hydrogens (tertiary/aromatic N) is 1. The molecule has 1 unspecified atom stereocenters. The minimum atomic E-state index is 0.263. The first-order valence-electron chi connectivity index (χ1n) is 5.15. The van der Waals surface area contributed by atoms with Crippen LogP contribution in [-0.4, -0.2) is 30.6 Å². The second-order valence-corrected chi connectivity index (χ2v) is 3.92. The molecule has 0 aliphatic carbocycles. The van der Waals surface area contributed by atoms with Crippen molar-refractivity contribution >= 4 is 6.41 Å². The predicted octanol–water partition coefficient (Wildman–Crippen LogP) is 1.35. The number of rotatable bonds is 5. The molecule has 1 saturated heterocycles. The monoisotopic (exact) mass is 205 g/mol. The molecule has 0 spiro atoms. The molecule has 1 aliphatic rings. The zero-order valence-electron chi connectivity index (χ0n) is 8.85. The van der Waals surface area contributed by atoms with Gasteiger partial charge in [0.1, 0.15) is 0 Å². The Bertz CT molecular complexity index is 347. The summed E-state index contributed by atoms with van der Waals surface area (Å²) in [5.41, 5.74) is 2.42. The van der Waals surface area contributed by atoms with E-state index in [4.69, 9.17) is 4.74 Å². The van der Waals surface area contributed by atoms with Crippen LogP contribution in [-0.2, 0) is 16.1 Å². The van der Waals surface area contributed by atoms with E-state index < -0.39 is 0 Å². The SMILES string of the molecule is Cc1ccccc1CN(C=O)CC1CO1. The molecule has 0 saturated carbocycles. The molecule has 1 aromatic rings. The van der Waals surface area contributed by atoms with Crippen LogP contribution in [0.25, 0.3) is 0 Å². The summed E-state index contributed by atoms with van der Waals surface area (Å²) < 4.78 is 5.11. The van der Waals surface area contributed by atoms with Gasteiger partial charge in [-0.15, -0.1) is 0 Å². The molecule has 1 atom stereocenters. The van der Waals surface area contributed by atoms with Crippen molar-refractivity contribution in [1.82, 2.24) is 4.90 Å². The van der Waals surface area contributed by atoms with Gasteiger partial charge in [0.15, 0.2) is 0 Å². The van der Waals surface area contributed by atoms with Crippen LogP contribution in [0.15, 0.2) is 24.3 Å². The molecule has 2 rings (SSSR count). The Morgan fingerprint density at radius 1 is 1.53 bits per heavy atom. The second kappa shape index (κ2) is 4.45. The topological polar surface area (TPSA) is 32.8 Å². The van der Waals surface area contributed by atoms with Crippen LogP contribution in [0, 0.1) is 6.92 Å². The van der Waals surface area contributed by atoms with E-state index in [9.17, 15) is 4.79 Å². The van der Waals surface area contributed by atoms with Crippen LogP contribution >= 0.6 is 0 Å². The maximum atomic E-state index is 10.9. The molecule has 0 bridgehead atoms. The molecule has 1 fully saturated rings. The Labute approximate surface area is 89.7 Å². The van der Waals surface area contributed by atoms with Gasteiger partial charge in [-0.1, -0.05) is 24.3 Å². The van der Waals surface area contributed by atoms with Crippen molar-refractivity contribution in [3.63, 3.8) is 0 Å². The molecule has 0 radical (unpaired) electrons. The van der Waals surface area contributed by atoms with E-state index in [2.05, 4.69) is 19.1 Å². The first kappa shape index (κ1) is 10.2. The first-order valence-corrected chi connectivity index (χ1v) is 5.15. The summed E-state index contributed by atoms with van der Waals surface area (Å²) in [5.74, 6) is 0. The largest absolute Gasteiger partial charge is 0.371 e. The molecule has 15 heavy (non-hydrogen) atoms. The second-order valence-electron chi connectivity index (χ2n) is 3.92. The van der Waals surface area contributed by atoms with E-state index in [0.29, 0.717) is 13.1 Å². The number of carbonyl (C=O) groups is 1. The molecule has 1 amide bonds. The molecule has 0 N–H and O–H groups in total. The fraction of sp³-hybridized carbons (Fsp3) is 0.417. The van der Waals surface area contributed by atoms with E-state index in [1.54, 1.807) is 4.90 Å². The molecular formula is C12H15NO2. The van der Waals surface area contributed by atoms with Crippen LogP contribution in [0.3, 0.4) is 0 Å². The van der Waals surface area contributed by atoms with Gasteiger partial charge in [0, 0.05) is 13.1 Å². The Morgan fingerprint density at radius 2 is 2.27 bits per heavy atom. The third kappa shape index (κ3) is 2.80. The normalized spacial score (nSPS) is 18.6. The maximum absolute atomic E-state index is 10.9. The standard InChI is InChI=1S/C12H15NO2/c1-10-4-2-3-5-11(10)6-13(9-14)7-12-8-15-12/h2-5,9,12H,6-8H2,1H3. The lowest BCUT2D eigenvalue weighted by atomic mass is 10.1. The average molecular weight is 205 g/mol. The van der Waals surface area contributed by atoms with Gasteiger partial charge in [-0.05, 0) is 18.1 Å². The molecule has 80 valence electrons.